The van der Waals surface area contributed by atoms with Crippen LogP contribution in [-0.4, -0.2) is 59.1 Å². The van der Waals surface area contributed by atoms with Crippen molar-refractivity contribution in [3.05, 3.63) is 59.6 Å². The molecule has 1 saturated heterocycles. The highest BCUT2D eigenvalue weighted by molar-refractivity contribution is 7.15. The van der Waals surface area contributed by atoms with Gasteiger partial charge in [-0.1, -0.05) is 0 Å². The lowest BCUT2D eigenvalue weighted by Gasteiger charge is -2.16. The minimum Gasteiger partial charge on any atom is -0.493 e. The second kappa shape index (κ2) is 12.8. The van der Waals surface area contributed by atoms with Crippen molar-refractivity contribution in [3.8, 4) is 11.5 Å². The van der Waals surface area contributed by atoms with Gasteiger partial charge < -0.3 is 25.0 Å². The number of halogens is 1. The zero-order valence-electron chi connectivity index (χ0n) is 21.8. The standard InChI is InChI=1S/C28H31FN6O3S/c1-37-24-15-22-23(16-25(24)38-14-4-13-35-11-2-3-12-35)31-18-32-27(22)34-28-30-17-21(39-28)9-10-26(36)33-20-7-5-19(29)6-8-20/h5-8,15-18H,2-4,9-14H2,1H3,(H,33,36)(H,30,31,32,34). The first-order valence-electron chi connectivity index (χ1n) is 13.0. The van der Waals surface area contributed by atoms with Crippen LogP contribution in [0, 0.1) is 5.82 Å². The lowest BCUT2D eigenvalue weighted by molar-refractivity contribution is -0.116. The summed E-state index contributed by atoms with van der Waals surface area (Å²) in [5, 5.41) is 7.49. The molecule has 2 aromatic carbocycles. The number of amides is 1. The Morgan fingerprint density at radius 3 is 2.72 bits per heavy atom. The van der Waals surface area contributed by atoms with Gasteiger partial charge in [-0.2, -0.15) is 0 Å². The quantitative estimate of drug-likeness (QED) is 0.226. The first-order valence-corrected chi connectivity index (χ1v) is 13.8. The zero-order chi connectivity index (χ0) is 27.0. The molecule has 11 heteroatoms. The third kappa shape index (κ3) is 7.18. The van der Waals surface area contributed by atoms with E-state index in [4.69, 9.17) is 9.47 Å². The fraction of sp³-hybridized carbons (Fsp3) is 0.357. The van der Waals surface area contributed by atoms with Gasteiger partial charge in [0.15, 0.2) is 16.6 Å². The van der Waals surface area contributed by atoms with Crippen molar-refractivity contribution in [1.29, 1.82) is 0 Å². The number of carbonyl (C=O) groups is 1. The zero-order valence-corrected chi connectivity index (χ0v) is 22.6. The fourth-order valence-electron chi connectivity index (χ4n) is 4.49. The summed E-state index contributed by atoms with van der Waals surface area (Å²) in [5.41, 5.74) is 1.30. The van der Waals surface area contributed by atoms with Crippen molar-refractivity contribution in [2.24, 2.45) is 0 Å². The molecule has 204 valence electrons. The van der Waals surface area contributed by atoms with Gasteiger partial charge in [-0.05, 0) is 69.1 Å². The number of thiazole rings is 1. The maximum absolute atomic E-state index is 13.1. The molecule has 2 N–H and O–H groups in total. The van der Waals surface area contributed by atoms with Crippen LogP contribution in [-0.2, 0) is 11.2 Å². The highest BCUT2D eigenvalue weighted by atomic mass is 32.1. The van der Waals surface area contributed by atoms with Gasteiger partial charge in [-0.25, -0.2) is 19.3 Å². The monoisotopic (exact) mass is 550 g/mol. The highest BCUT2D eigenvalue weighted by Crippen LogP contribution is 2.35. The van der Waals surface area contributed by atoms with E-state index in [-0.39, 0.29) is 18.1 Å². The van der Waals surface area contributed by atoms with Crippen LogP contribution >= 0.6 is 11.3 Å². The van der Waals surface area contributed by atoms with Crippen LogP contribution < -0.4 is 20.1 Å². The highest BCUT2D eigenvalue weighted by Gasteiger charge is 2.15. The average Bonchev–Trinajstić information content (AvgIpc) is 3.63. The molecular formula is C28H31FN6O3S. The van der Waals surface area contributed by atoms with Gasteiger partial charge in [0, 0.05) is 41.2 Å². The van der Waals surface area contributed by atoms with Crippen LogP contribution in [0.5, 0.6) is 11.5 Å². The van der Waals surface area contributed by atoms with Crippen LogP contribution in [0.2, 0.25) is 0 Å². The lowest BCUT2D eigenvalue weighted by atomic mass is 10.2. The van der Waals surface area contributed by atoms with Crippen LogP contribution in [0.15, 0.2) is 48.9 Å². The summed E-state index contributed by atoms with van der Waals surface area (Å²) in [5.74, 6) is 1.39. The molecule has 1 fully saturated rings. The summed E-state index contributed by atoms with van der Waals surface area (Å²) in [6.07, 6.45) is 7.59. The van der Waals surface area contributed by atoms with E-state index >= 15 is 0 Å². The molecule has 0 saturated carbocycles. The minimum atomic E-state index is -0.343. The molecule has 0 unspecified atom stereocenters. The van der Waals surface area contributed by atoms with E-state index in [1.807, 2.05) is 12.1 Å². The Labute approximate surface area is 230 Å². The molecule has 9 nitrogen and oxygen atoms in total. The van der Waals surface area contributed by atoms with Gasteiger partial charge in [0.25, 0.3) is 0 Å². The molecule has 4 aromatic rings. The number of nitrogens with one attached hydrogen (secondary N) is 2. The van der Waals surface area contributed by atoms with Crippen molar-refractivity contribution in [3.63, 3.8) is 0 Å². The molecule has 0 spiro atoms. The number of carbonyl (C=O) groups excluding carboxylic acids is 1. The van der Waals surface area contributed by atoms with Gasteiger partial charge >= 0.3 is 0 Å². The van der Waals surface area contributed by atoms with Crippen molar-refractivity contribution in [2.45, 2.75) is 32.1 Å². The molecule has 1 aliphatic heterocycles. The molecule has 2 aromatic heterocycles. The fourth-order valence-corrected chi connectivity index (χ4v) is 5.30. The van der Waals surface area contributed by atoms with E-state index in [0.717, 1.165) is 28.7 Å². The van der Waals surface area contributed by atoms with Crippen LogP contribution in [0.4, 0.5) is 21.0 Å². The molecule has 1 aliphatic rings. The smallest absolute Gasteiger partial charge is 0.224 e. The third-order valence-electron chi connectivity index (χ3n) is 6.50. The summed E-state index contributed by atoms with van der Waals surface area (Å²) in [6.45, 7) is 4.01. The Morgan fingerprint density at radius 1 is 1.10 bits per heavy atom. The van der Waals surface area contributed by atoms with E-state index in [9.17, 15) is 9.18 Å². The normalized spacial score (nSPS) is 13.5. The Balaban J connectivity index is 1.19. The predicted octanol–water partition coefficient (Wildman–Crippen LogP) is 5.41. The van der Waals surface area contributed by atoms with Crippen molar-refractivity contribution < 1.29 is 18.7 Å². The number of fused-ring (bicyclic) bond motifs is 1. The second-order valence-corrected chi connectivity index (χ2v) is 10.4. The molecule has 39 heavy (non-hydrogen) atoms. The number of anilines is 3. The Bertz CT molecular complexity index is 1410. The summed E-state index contributed by atoms with van der Waals surface area (Å²) in [7, 11) is 1.62. The van der Waals surface area contributed by atoms with E-state index in [0.29, 0.717) is 41.2 Å². The SMILES string of the molecule is COc1cc2c(Nc3ncc(CCC(=O)Nc4ccc(F)cc4)s3)ncnc2cc1OCCCN1CCCC1. The molecular weight excluding hydrogens is 519 g/mol. The Morgan fingerprint density at radius 2 is 1.92 bits per heavy atom. The Hall–Kier alpha value is -3.83. The van der Waals surface area contributed by atoms with Gasteiger partial charge in [0.2, 0.25) is 5.91 Å². The number of likely N-dealkylation sites (tertiary alicyclic amines) is 1. The van der Waals surface area contributed by atoms with E-state index in [2.05, 4.69) is 30.5 Å². The first-order chi connectivity index (χ1) is 19.1. The topological polar surface area (TPSA) is 102 Å². The summed E-state index contributed by atoms with van der Waals surface area (Å²) in [4.78, 5) is 29.0. The first kappa shape index (κ1) is 26.8. The molecule has 0 radical (unpaired) electrons. The number of hydrogen-bond acceptors (Lipinski definition) is 9. The van der Waals surface area contributed by atoms with Gasteiger partial charge in [0.1, 0.15) is 18.0 Å². The lowest BCUT2D eigenvalue weighted by Crippen LogP contribution is -2.21. The molecule has 1 amide bonds. The molecule has 5 rings (SSSR count). The number of benzene rings is 2. The van der Waals surface area contributed by atoms with Crippen LogP contribution in [0.1, 0.15) is 30.6 Å². The number of ether oxygens (including phenoxy) is 2. The van der Waals surface area contributed by atoms with Crippen molar-refractivity contribution in [1.82, 2.24) is 19.9 Å². The summed E-state index contributed by atoms with van der Waals surface area (Å²) < 4.78 is 24.7. The van der Waals surface area contributed by atoms with Gasteiger partial charge in [0.05, 0.1) is 19.2 Å². The maximum Gasteiger partial charge on any atom is 0.224 e. The van der Waals surface area contributed by atoms with E-state index in [1.165, 1.54) is 67.9 Å². The van der Waals surface area contributed by atoms with Crippen molar-refractivity contribution >= 4 is 44.8 Å². The summed E-state index contributed by atoms with van der Waals surface area (Å²) >= 11 is 1.45. The maximum atomic E-state index is 13.1. The van der Waals surface area contributed by atoms with E-state index < -0.39 is 0 Å². The summed E-state index contributed by atoms with van der Waals surface area (Å²) in [6, 6.07) is 9.45. The van der Waals surface area contributed by atoms with Gasteiger partial charge in [-0.3, -0.25) is 4.79 Å². The molecule has 3 heterocycles. The van der Waals surface area contributed by atoms with Gasteiger partial charge in [-0.15, -0.1) is 11.3 Å². The number of rotatable bonds is 12. The predicted molar refractivity (Wildman–Crippen MR) is 151 cm³/mol. The van der Waals surface area contributed by atoms with Crippen LogP contribution in [0.25, 0.3) is 10.9 Å². The van der Waals surface area contributed by atoms with E-state index in [1.54, 1.807) is 13.3 Å². The third-order valence-corrected chi connectivity index (χ3v) is 7.47. The average molecular weight is 551 g/mol. The van der Waals surface area contributed by atoms with Crippen LogP contribution in [0.3, 0.4) is 0 Å². The minimum absolute atomic E-state index is 0.146. The number of aromatic nitrogens is 3. The molecule has 0 bridgehead atoms. The number of aryl methyl sites for hydroxylation is 1. The number of hydrogen-bond donors (Lipinski definition) is 2. The number of nitrogens with zero attached hydrogens (tertiary/aromatic N) is 4. The Kier molecular flexibility index (Phi) is 8.79. The molecule has 0 aliphatic carbocycles. The largest absolute Gasteiger partial charge is 0.493 e. The number of methoxy groups -OCH3 is 1. The molecule has 0 atom stereocenters. The second-order valence-electron chi connectivity index (χ2n) is 9.31. The van der Waals surface area contributed by atoms with Crippen molar-refractivity contribution in [2.75, 3.05) is 44.0 Å².